The maximum atomic E-state index is 12.2. The molecule has 0 aliphatic rings. The number of hydrogen-bond donors (Lipinski definition) is 0. The Labute approximate surface area is 115 Å². The number of hydrogen-bond acceptors (Lipinski definition) is 3. The van der Waals surface area contributed by atoms with Gasteiger partial charge >= 0.3 is 0 Å². The quantitative estimate of drug-likeness (QED) is 0.709. The predicted molar refractivity (Wildman–Crippen MR) is 76.9 cm³/mol. The molecule has 1 aromatic rings. The van der Waals surface area contributed by atoms with Crippen molar-refractivity contribution in [2.75, 3.05) is 19.8 Å². The number of Topliss-reactive ketones (excluding diaryl/α,β-unsaturated/α-hetero) is 1. The van der Waals surface area contributed by atoms with Crippen LogP contribution >= 0.6 is 0 Å². The molecule has 0 fully saturated rings. The Kier molecular flexibility index (Phi) is 6.19. The Balaban J connectivity index is 2.64. The molecule has 1 atom stereocenters. The zero-order chi connectivity index (χ0) is 14.4. The normalized spacial score (nSPS) is 12.5. The molecular weight excluding hydrogens is 240 g/mol. The van der Waals surface area contributed by atoms with Crippen molar-refractivity contribution in [3.8, 4) is 0 Å². The maximum absolute atomic E-state index is 12.2. The first-order valence-electron chi connectivity index (χ1n) is 6.76. The average Bonchev–Trinajstić information content (AvgIpc) is 2.32. The Morgan fingerprint density at radius 2 is 1.79 bits per heavy atom. The minimum Gasteiger partial charge on any atom is -0.379 e. The zero-order valence-electron chi connectivity index (χ0n) is 12.6. The van der Waals surface area contributed by atoms with Crippen molar-refractivity contribution in [2.45, 2.75) is 40.7 Å². The number of carbonyl (C=O) groups excluding carboxylic acids is 1. The molecule has 3 nitrogen and oxygen atoms in total. The Bertz CT molecular complexity index is 415. The first-order chi connectivity index (χ1) is 8.95. The first kappa shape index (κ1) is 15.9. The zero-order valence-corrected chi connectivity index (χ0v) is 12.6. The number of rotatable bonds is 7. The fourth-order valence-corrected chi connectivity index (χ4v) is 2.24. The molecule has 0 saturated carbocycles. The lowest BCUT2D eigenvalue weighted by molar-refractivity contribution is 0.00112. The number of ether oxygens (including phenoxy) is 2. The van der Waals surface area contributed by atoms with E-state index in [4.69, 9.17) is 9.47 Å². The van der Waals surface area contributed by atoms with Crippen molar-refractivity contribution in [3.63, 3.8) is 0 Å². The van der Waals surface area contributed by atoms with Crippen molar-refractivity contribution in [3.05, 3.63) is 34.4 Å². The third-order valence-electron chi connectivity index (χ3n) is 3.01. The fourth-order valence-electron chi connectivity index (χ4n) is 2.24. The lowest BCUT2D eigenvalue weighted by Crippen LogP contribution is -2.21. The average molecular weight is 264 g/mol. The Morgan fingerprint density at radius 3 is 2.32 bits per heavy atom. The molecule has 0 amide bonds. The summed E-state index contributed by atoms with van der Waals surface area (Å²) in [6, 6.07) is 4.06. The number of aryl methyl sites for hydroxylation is 3. The van der Waals surface area contributed by atoms with Gasteiger partial charge in [0, 0.05) is 12.2 Å². The van der Waals surface area contributed by atoms with E-state index in [0.29, 0.717) is 13.2 Å². The van der Waals surface area contributed by atoms with Gasteiger partial charge in [-0.05, 0) is 45.7 Å². The van der Waals surface area contributed by atoms with Crippen LogP contribution in [0.1, 0.15) is 40.9 Å². The minimum atomic E-state index is -0.0602. The van der Waals surface area contributed by atoms with Crippen LogP contribution in [0.25, 0.3) is 0 Å². The van der Waals surface area contributed by atoms with Gasteiger partial charge in [-0.25, -0.2) is 0 Å². The molecule has 0 radical (unpaired) electrons. The molecule has 0 heterocycles. The predicted octanol–water partition coefficient (Wildman–Crippen LogP) is 3.24. The van der Waals surface area contributed by atoms with Crippen molar-refractivity contribution < 1.29 is 14.3 Å². The van der Waals surface area contributed by atoms with Crippen LogP contribution in [0.5, 0.6) is 0 Å². The standard InChI is InChI=1S/C16H24O3/c1-6-18-9-14(5)19-10-15(17)16-12(3)7-11(2)8-13(16)4/h7-8,14H,6,9-10H2,1-5H3. The second kappa shape index (κ2) is 7.41. The van der Waals surface area contributed by atoms with Crippen LogP contribution in [0.3, 0.4) is 0 Å². The molecule has 0 saturated heterocycles. The monoisotopic (exact) mass is 264 g/mol. The van der Waals surface area contributed by atoms with Gasteiger partial charge in [-0.1, -0.05) is 17.7 Å². The minimum absolute atomic E-state index is 0.0401. The number of benzene rings is 1. The molecule has 0 aliphatic carbocycles. The summed E-state index contributed by atoms with van der Waals surface area (Å²) in [5.74, 6) is 0.0401. The molecule has 1 rings (SSSR count). The van der Waals surface area contributed by atoms with Gasteiger partial charge in [0.2, 0.25) is 0 Å². The highest BCUT2D eigenvalue weighted by Gasteiger charge is 2.14. The van der Waals surface area contributed by atoms with E-state index in [2.05, 4.69) is 0 Å². The van der Waals surface area contributed by atoms with Gasteiger partial charge in [-0.2, -0.15) is 0 Å². The summed E-state index contributed by atoms with van der Waals surface area (Å²) < 4.78 is 10.8. The van der Waals surface area contributed by atoms with Crippen LogP contribution in [0.15, 0.2) is 12.1 Å². The van der Waals surface area contributed by atoms with Crippen LogP contribution < -0.4 is 0 Å². The molecule has 0 N–H and O–H groups in total. The number of ketones is 1. The molecule has 19 heavy (non-hydrogen) atoms. The van der Waals surface area contributed by atoms with Gasteiger partial charge in [0.1, 0.15) is 6.61 Å². The van der Waals surface area contributed by atoms with E-state index in [1.54, 1.807) is 0 Å². The van der Waals surface area contributed by atoms with Crippen LogP contribution in [-0.4, -0.2) is 31.7 Å². The molecule has 3 heteroatoms. The van der Waals surface area contributed by atoms with Gasteiger partial charge in [0.15, 0.2) is 5.78 Å². The second-order valence-corrected chi connectivity index (χ2v) is 4.98. The first-order valence-corrected chi connectivity index (χ1v) is 6.76. The van der Waals surface area contributed by atoms with Crippen LogP contribution in [0, 0.1) is 20.8 Å². The summed E-state index contributed by atoms with van der Waals surface area (Å²) in [6.45, 7) is 11.1. The van der Waals surface area contributed by atoms with Gasteiger partial charge < -0.3 is 9.47 Å². The largest absolute Gasteiger partial charge is 0.379 e. The molecule has 1 unspecified atom stereocenters. The highest BCUT2D eigenvalue weighted by atomic mass is 16.5. The van der Waals surface area contributed by atoms with E-state index in [9.17, 15) is 4.79 Å². The van der Waals surface area contributed by atoms with Crippen LogP contribution in [0.4, 0.5) is 0 Å². The number of carbonyl (C=O) groups is 1. The van der Waals surface area contributed by atoms with Gasteiger partial charge in [-0.15, -0.1) is 0 Å². The molecule has 1 aromatic carbocycles. The molecule has 0 bridgehead atoms. The SMILES string of the molecule is CCOCC(C)OCC(=O)c1c(C)cc(C)cc1C. The van der Waals surface area contributed by atoms with Crippen molar-refractivity contribution in [1.82, 2.24) is 0 Å². The lowest BCUT2D eigenvalue weighted by Gasteiger charge is -2.14. The molecule has 0 spiro atoms. The fraction of sp³-hybridized carbons (Fsp3) is 0.562. The van der Waals surface area contributed by atoms with E-state index < -0.39 is 0 Å². The third kappa shape index (κ3) is 4.77. The highest BCUT2D eigenvalue weighted by molar-refractivity contribution is 5.99. The van der Waals surface area contributed by atoms with Crippen LogP contribution in [0.2, 0.25) is 0 Å². The van der Waals surface area contributed by atoms with Gasteiger partial charge in [0.25, 0.3) is 0 Å². The van der Waals surface area contributed by atoms with E-state index >= 15 is 0 Å². The summed E-state index contributed by atoms with van der Waals surface area (Å²) in [6.07, 6.45) is -0.0602. The summed E-state index contributed by atoms with van der Waals surface area (Å²) in [5.41, 5.74) is 4.00. The Hall–Kier alpha value is -1.19. The third-order valence-corrected chi connectivity index (χ3v) is 3.01. The molecular formula is C16H24O3. The second-order valence-electron chi connectivity index (χ2n) is 4.98. The van der Waals surface area contributed by atoms with Crippen molar-refractivity contribution >= 4 is 5.78 Å². The maximum Gasteiger partial charge on any atom is 0.189 e. The van der Waals surface area contributed by atoms with Crippen molar-refractivity contribution in [2.24, 2.45) is 0 Å². The molecule has 106 valence electrons. The van der Waals surface area contributed by atoms with E-state index in [0.717, 1.165) is 16.7 Å². The van der Waals surface area contributed by atoms with Crippen molar-refractivity contribution in [1.29, 1.82) is 0 Å². The van der Waals surface area contributed by atoms with Gasteiger partial charge in [0.05, 0.1) is 12.7 Å². The summed E-state index contributed by atoms with van der Waals surface area (Å²) in [7, 11) is 0. The van der Waals surface area contributed by atoms with E-state index in [1.165, 1.54) is 5.56 Å². The highest BCUT2D eigenvalue weighted by Crippen LogP contribution is 2.17. The van der Waals surface area contributed by atoms with E-state index in [-0.39, 0.29) is 18.5 Å². The van der Waals surface area contributed by atoms with Gasteiger partial charge in [-0.3, -0.25) is 4.79 Å². The molecule has 0 aromatic heterocycles. The summed E-state index contributed by atoms with van der Waals surface area (Å²) in [4.78, 5) is 12.2. The lowest BCUT2D eigenvalue weighted by atomic mass is 9.97. The smallest absolute Gasteiger partial charge is 0.189 e. The topological polar surface area (TPSA) is 35.5 Å². The summed E-state index contributed by atoms with van der Waals surface area (Å²) in [5, 5.41) is 0. The van der Waals surface area contributed by atoms with Crippen LogP contribution in [-0.2, 0) is 9.47 Å². The summed E-state index contributed by atoms with van der Waals surface area (Å²) >= 11 is 0. The Morgan fingerprint density at radius 1 is 1.21 bits per heavy atom. The van der Waals surface area contributed by atoms with E-state index in [1.807, 2.05) is 46.8 Å². The molecule has 0 aliphatic heterocycles.